The summed E-state index contributed by atoms with van der Waals surface area (Å²) in [5.41, 5.74) is 5.53. The summed E-state index contributed by atoms with van der Waals surface area (Å²) in [7, 11) is 0. The summed E-state index contributed by atoms with van der Waals surface area (Å²) < 4.78 is 18.3. The Morgan fingerprint density at radius 3 is 2.79 bits per heavy atom. The molecule has 0 spiro atoms. The van der Waals surface area contributed by atoms with Gasteiger partial charge in [0.25, 0.3) is 0 Å². The van der Waals surface area contributed by atoms with E-state index >= 15 is 0 Å². The van der Waals surface area contributed by atoms with Gasteiger partial charge in [-0.25, -0.2) is 4.39 Å². The van der Waals surface area contributed by atoms with Crippen LogP contribution in [0.3, 0.4) is 0 Å². The standard InChI is InChI=1S/C12H15Cl2FN2O2/c1-7(17-2-3-19-6-12(16)18)8-4-11(15)10(14)5-9(8)13/h4-5,7,17H,2-3,6H2,1H3,(H2,16,18). The minimum atomic E-state index is -0.518. The third kappa shape index (κ3) is 5.32. The predicted octanol–water partition coefficient (Wildman–Crippen LogP) is 2.29. The predicted molar refractivity (Wildman–Crippen MR) is 72.9 cm³/mol. The number of hydrogen-bond acceptors (Lipinski definition) is 3. The molecule has 0 fully saturated rings. The summed E-state index contributed by atoms with van der Waals surface area (Å²) >= 11 is 11.6. The molecule has 1 aromatic rings. The van der Waals surface area contributed by atoms with Gasteiger partial charge in [-0.05, 0) is 24.6 Å². The molecule has 0 bridgehead atoms. The van der Waals surface area contributed by atoms with Crippen LogP contribution in [0.4, 0.5) is 4.39 Å². The second kappa shape index (κ2) is 7.65. The molecule has 7 heteroatoms. The number of nitrogens with one attached hydrogen (secondary N) is 1. The van der Waals surface area contributed by atoms with Crippen molar-refractivity contribution in [3.8, 4) is 0 Å². The van der Waals surface area contributed by atoms with Gasteiger partial charge in [-0.3, -0.25) is 4.79 Å². The molecule has 0 aliphatic heterocycles. The van der Waals surface area contributed by atoms with Crippen molar-refractivity contribution >= 4 is 29.1 Å². The number of halogens is 3. The van der Waals surface area contributed by atoms with Crippen molar-refractivity contribution in [3.63, 3.8) is 0 Å². The van der Waals surface area contributed by atoms with Gasteiger partial charge >= 0.3 is 0 Å². The second-order valence-electron chi connectivity index (χ2n) is 3.98. The summed E-state index contributed by atoms with van der Waals surface area (Å²) in [6, 6.07) is 2.50. The van der Waals surface area contributed by atoms with E-state index in [0.717, 1.165) is 0 Å². The summed E-state index contributed by atoms with van der Waals surface area (Å²) in [6.07, 6.45) is 0. The number of rotatable bonds is 7. The van der Waals surface area contributed by atoms with Crippen LogP contribution in [0.2, 0.25) is 10.0 Å². The molecule has 0 saturated carbocycles. The smallest absolute Gasteiger partial charge is 0.243 e. The van der Waals surface area contributed by atoms with Crippen molar-refractivity contribution < 1.29 is 13.9 Å². The van der Waals surface area contributed by atoms with Crippen molar-refractivity contribution in [2.75, 3.05) is 19.8 Å². The lowest BCUT2D eigenvalue weighted by molar-refractivity contribution is -0.122. The van der Waals surface area contributed by atoms with Gasteiger partial charge in [0, 0.05) is 17.6 Å². The summed E-state index contributed by atoms with van der Waals surface area (Å²) in [5.74, 6) is -1.03. The zero-order chi connectivity index (χ0) is 14.4. The summed E-state index contributed by atoms with van der Waals surface area (Å²) in [6.45, 7) is 2.52. The molecule has 1 atom stereocenters. The number of benzene rings is 1. The lowest BCUT2D eigenvalue weighted by Gasteiger charge is -2.16. The molecule has 19 heavy (non-hydrogen) atoms. The Kier molecular flexibility index (Phi) is 6.51. The Morgan fingerprint density at radius 2 is 2.16 bits per heavy atom. The van der Waals surface area contributed by atoms with Gasteiger partial charge < -0.3 is 15.8 Å². The van der Waals surface area contributed by atoms with E-state index in [0.29, 0.717) is 23.7 Å². The first-order valence-corrected chi connectivity index (χ1v) is 6.41. The van der Waals surface area contributed by atoms with Crippen LogP contribution >= 0.6 is 23.2 Å². The third-order valence-corrected chi connectivity index (χ3v) is 3.06. The van der Waals surface area contributed by atoms with Crippen LogP contribution in [-0.2, 0) is 9.53 Å². The molecule has 3 N–H and O–H groups in total. The van der Waals surface area contributed by atoms with Gasteiger partial charge in [-0.1, -0.05) is 23.2 Å². The molecule has 1 amide bonds. The fourth-order valence-electron chi connectivity index (χ4n) is 1.50. The fraction of sp³-hybridized carbons (Fsp3) is 0.417. The molecule has 0 aliphatic rings. The maximum Gasteiger partial charge on any atom is 0.243 e. The molecule has 4 nitrogen and oxygen atoms in total. The van der Waals surface area contributed by atoms with E-state index in [1.165, 1.54) is 12.1 Å². The van der Waals surface area contributed by atoms with E-state index in [2.05, 4.69) is 5.32 Å². The average Bonchev–Trinajstić information content (AvgIpc) is 2.32. The number of amides is 1. The monoisotopic (exact) mass is 308 g/mol. The van der Waals surface area contributed by atoms with E-state index < -0.39 is 11.7 Å². The third-order valence-electron chi connectivity index (χ3n) is 2.45. The van der Waals surface area contributed by atoms with Gasteiger partial charge in [0.15, 0.2) is 0 Å². The molecular formula is C12H15Cl2FN2O2. The highest BCUT2D eigenvalue weighted by Gasteiger charge is 2.12. The first-order chi connectivity index (χ1) is 8.91. The molecule has 0 heterocycles. The van der Waals surface area contributed by atoms with Gasteiger partial charge in [-0.15, -0.1) is 0 Å². The first-order valence-electron chi connectivity index (χ1n) is 5.65. The number of primary amides is 1. The number of carbonyl (C=O) groups excluding carboxylic acids is 1. The van der Waals surface area contributed by atoms with Crippen LogP contribution in [0.15, 0.2) is 12.1 Å². The Morgan fingerprint density at radius 1 is 1.47 bits per heavy atom. The van der Waals surface area contributed by atoms with E-state index in [1.807, 2.05) is 6.92 Å². The van der Waals surface area contributed by atoms with E-state index in [1.54, 1.807) is 0 Å². The number of hydrogen-bond donors (Lipinski definition) is 2. The van der Waals surface area contributed by atoms with Crippen LogP contribution in [0.5, 0.6) is 0 Å². The number of nitrogens with two attached hydrogens (primary N) is 1. The molecule has 0 radical (unpaired) electrons. The second-order valence-corrected chi connectivity index (χ2v) is 4.80. The van der Waals surface area contributed by atoms with Gasteiger partial charge in [-0.2, -0.15) is 0 Å². The minimum absolute atomic E-state index is 0.00857. The van der Waals surface area contributed by atoms with Crippen molar-refractivity contribution in [1.82, 2.24) is 5.32 Å². The van der Waals surface area contributed by atoms with Gasteiger partial charge in [0.2, 0.25) is 5.91 Å². The zero-order valence-electron chi connectivity index (χ0n) is 10.4. The quantitative estimate of drug-likeness (QED) is 0.600. The van der Waals surface area contributed by atoms with Crippen molar-refractivity contribution in [2.24, 2.45) is 5.73 Å². The molecule has 106 valence electrons. The topological polar surface area (TPSA) is 64.3 Å². The maximum atomic E-state index is 13.4. The van der Waals surface area contributed by atoms with Crippen LogP contribution in [0.25, 0.3) is 0 Å². The van der Waals surface area contributed by atoms with Gasteiger partial charge in [0.1, 0.15) is 12.4 Å². The molecule has 1 unspecified atom stereocenters. The molecule has 0 saturated heterocycles. The lowest BCUT2D eigenvalue weighted by atomic mass is 10.1. The first kappa shape index (κ1) is 16.2. The maximum absolute atomic E-state index is 13.4. The van der Waals surface area contributed by atoms with Crippen molar-refractivity contribution in [1.29, 1.82) is 0 Å². The largest absolute Gasteiger partial charge is 0.370 e. The number of carbonyl (C=O) groups is 1. The Labute approximate surface area is 121 Å². The van der Waals surface area contributed by atoms with E-state index in [4.69, 9.17) is 33.7 Å². The van der Waals surface area contributed by atoms with Crippen molar-refractivity contribution in [3.05, 3.63) is 33.6 Å². The van der Waals surface area contributed by atoms with Gasteiger partial charge in [0.05, 0.1) is 11.6 Å². The highest BCUT2D eigenvalue weighted by atomic mass is 35.5. The molecule has 0 aliphatic carbocycles. The molecule has 1 aromatic carbocycles. The minimum Gasteiger partial charge on any atom is -0.370 e. The van der Waals surface area contributed by atoms with E-state index in [9.17, 15) is 9.18 Å². The lowest BCUT2D eigenvalue weighted by Crippen LogP contribution is -2.26. The SMILES string of the molecule is CC(NCCOCC(N)=O)c1cc(F)c(Cl)cc1Cl. The summed E-state index contributed by atoms with van der Waals surface area (Å²) in [4.78, 5) is 10.4. The fourth-order valence-corrected chi connectivity index (χ4v) is 2.05. The van der Waals surface area contributed by atoms with Crippen LogP contribution in [0, 0.1) is 5.82 Å². The van der Waals surface area contributed by atoms with Crippen LogP contribution in [-0.4, -0.2) is 25.7 Å². The molecular weight excluding hydrogens is 294 g/mol. The normalized spacial score (nSPS) is 12.4. The Hall–Kier alpha value is -0.880. The molecule has 0 aromatic heterocycles. The molecule has 1 rings (SSSR count). The van der Waals surface area contributed by atoms with Crippen LogP contribution in [0.1, 0.15) is 18.5 Å². The highest BCUT2D eigenvalue weighted by Crippen LogP contribution is 2.28. The Bertz CT molecular complexity index is 458. The number of ether oxygens (including phenoxy) is 1. The summed E-state index contributed by atoms with van der Waals surface area (Å²) in [5, 5.41) is 3.47. The van der Waals surface area contributed by atoms with Crippen LogP contribution < -0.4 is 11.1 Å². The Balaban J connectivity index is 2.47. The van der Waals surface area contributed by atoms with E-state index in [-0.39, 0.29) is 17.7 Å². The highest BCUT2D eigenvalue weighted by molar-refractivity contribution is 6.35. The average molecular weight is 309 g/mol. The zero-order valence-corrected chi connectivity index (χ0v) is 11.9. The van der Waals surface area contributed by atoms with Crippen molar-refractivity contribution in [2.45, 2.75) is 13.0 Å².